The van der Waals surface area contributed by atoms with E-state index in [0.717, 1.165) is 11.1 Å². The number of nitrogens with one attached hydrogen (secondary N) is 1. The van der Waals surface area contributed by atoms with Gasteiger partial charge in [-0.2, -0.15) is 9.40 Å². The Balaban J connectivity index is 1.65. The standard InChI is InChI=1S/C19H20FN5O3S/c1-12-2-3-15(20)17(8-12)29(26,27)25-6-7-28-16(11-25)19-14(10-23-24-19)13-4-5-22-18(21)9-13/h2-5,8-10,16H,6-7,11H2,1H3,(H2,21,22)(H,23,24)/t16-/m1/s1. The summed E-state index contributed by atoms with van der Waals surface area (Å²) in [5.74, 6) is -0.411. The molecule has 3 N–H and O–H groups in total. The van der Waals surface area contributed by atoms with Crippen molar-refractivity contribution in [1.29, 1.82) is 0 Å². The van der Waals surface area contributed by atoms with E-state index in [9.17, 15) is 12.8 Å². The van der Waals surface area contributed by atoms with E-state index in [0.29, 0.717) is 17.1 Å². The molecular formula is C19H20FN5O3S. The number of nitrogen functional groups attached to an aromatic ring is 1. The zero-order valence-electron chi connectivity index (χ0n) is 15.7. The van der Waals surface area contributed by atoms with E-state index >= 15 is 0 Å². The summed E-state index contributed by atoms with van der Waals surface area (Å²) >= 11 is 0. The number of hydrogen-bond donors (Lipinski definition) is 2. The SMILES string of the molecule is Cc1ccc(F)c(S(=O)(=O)N2CCO[C@@H](c3[nH]ncc3-c3ccnc(N)c3)C2)c1. The molecule has 2 aromatic heterocycles. The van der Waals surface area contributed by atoms with E-state index in [1.807, 2.05) is 0 Å². The van der Waals surface area contributed by atoms with Crippen LogP contribution in [0.25, 0.3) is 11.1 Å². The fourth-order valence-corrected chi connectivity index (χ4v) is 4.93. The van der Waals surface area contributed by atoms with Crippen LogP contribution in [0.1, 0.15) is 17.4 Å². The lowest BCUT2D eigenvalue weighted by molar-refractivity contribution is -0.00470. The molecule has 1 aromatic carbocycles. The zero-order chi connectivity index (χ0) is 20.6. The quantitative estimate of drug-likeness (QED) is 0.673. The summed E-state index contributed by atoms with van der Waals surface area (Å²) < 4.78 is 47.4. The van der Waals surface area contributed by atoms with Crippen LogP contribution in [-0.4, -0.2) is 47.6 Å². The predicted octanol–water partition coefficient (Wildman–Crippen LogP) is 2.26. The van der Waals surface area contributed by atoms with Gasteiger partial charge in [0.1, 0.15) is 22.6 Å². The number of nitrogens with two attached hydrogens (primary N) is 1. The third kappa shape index (κ3) is 3.74. The number of aromatic amines is 1. The zero-order valence-corrected chi connectivity index (χ0v) is 16.5. The fraction of sp³-hybridized carbons (Fsp3) is 0.263. The fourth-order valence-electron chi connectivity index (χ4n) is 3.35. The van der Waals surface area contributed by atoms with E-state index in [4.69, 9.17) is 10.5 Å². The Labute approximate surface area is 167 Å². The lowest BCUT2D eigenvalue weighted by Gasteiger charge is -2.32. The van der Waals surface area contributed by atoms with Gasteiger partial charge in [0.25, 0.3) is 0 Å². The molecule has 3 aromatic rings. The van der Waals surface area contributed by atoms with Crippen molar-refractivity contribution in [3.05, 3.63) is 59.8 Å². The summed E-state index contributed by atoms with van der Waals surface area (Å²) in [6.45, 7) is 2.06. The molecule has 0 radical (unpaired) electrons. The van der Waals surface area contributed by atoms with Crippen LogP contribution in [0.3, 0.4) is 0 Å². The molecule has 4 rings (SSSR count). The minimum atomic E-state index is -4.01. The maximum atomic E-state index is 14.2. The molecule has 1 aliphatic rings. The number of H-pyrrole nitrogens is 1. The first-order valence-corrected chi connectivity index (χ1v) is 10.4. The van der Waals surface area contributed by atoms with E-state index in [1.165, 1.54) is 22.5 Å². The Morgan fingerprint density at radius 3 is 2.93 bits per heavy atom. The summed E-state index contributed by atoms with van der Waals surface area (Å²) in [4.78, 5) is 3.65. The number of anilines is 1. The van der Waals surface area contributed by atoms with Crippen LogP contribution in [0.5, 0.6) is 0 Å². The average Bonchev–Trinajstić information content (AvgIpc) is 3.20. The Morgan fingerprint density at radius 2 is 2.14 bits per heavy atom. The van der Waals surface area contributed by atoms with Crippen LogP contribution in [0.2, 0.25) is 0 Å². The Morgan fingerprint density at radius 1 is 1.31 bits per heavy atom. The molecule has 0 saturated carbocycles. The van der Waals surface area contributed by atoms with Crippen LogP contribution >= 0.6 is 0 Å². The molecule has 1 atom stereocenters. The molecule has 0 spiro atoms. The molecule has 1 aliphatic heterocycles. The number of sulfonamides is 1. The molecular weight excluding hydrogens is 397 g/mol. The van der Waals surface area contributed by atoms with Crippen molar-refractivity contribution in [3.8, 4) is 11.1 Å². The number of benzene rings is 1. The highest BCUT2D eigenvalue weighted by Crippen LogP contribution is 2.32. The van der Waals surface area contributed by atoms with Gasteiger partial charge in [0.15, 0.2) is 0 Å². The van der Waals surface area contributed by atoms with Gasteiger partial charge in [-0.1, -0.05) is 6.07 Å². The highest BCUT2D eigenvalue weighted by atomic mass is 32.2. The summed E-state index contributed by atoms with van der Waals surface area (Å²) in [6.07, 6.45) is 2.62. The van der Waals surface area contributed by atoms with Crippen molar-refractivity contribution in [3.63, 3.8) is 0 Å². The monoisotopic (exact) mass is 417 g/mol. The smallest absolute Gasteiger partial charge is 0.246 e. The van der Waals surface area contributed by atoms with Crippen molar-refractivity contribution in [1.82, 2.24) is 19.5 Å². The maximum Gasteiger partial charge on any atom is 0.246 e. The molecule has 3 heterocycles. The molecule has 1 fully saturated rings. The summed E-state index contributed by atoms with van der Waals surface area (Å²) in [5.41, 5.74) is 8.59. The van der Waals surface area contributed by atoms with Crippen LogP contribution in [0.4, 0.5) is 10.2 Å². The number of rotatable bonds is 4. The van der Waals surface area contributed by atoms with E-state index in [-0.39, 0.29) is 24.6 Å². The number of aromatic nitrogens is 3. The third-order valence-corrected chi connectivity index (χ3v) is 6.70. The van der Waals surface area contributed by atoms with Crippen LogP contribution in [0, 0.1) is 12.7 Å². The number of ether oxygens (including phenoxy) is 1. The molecule has 29 heavy (non-hydrogen) atoms. The Kier molecular flexibility index (Phi) is 5.07. The van der Waals surface area contributed by atoms with E-state index in [1.54, 1.807) is 31.5 Å². The molecule has 0 aliphatic carbocycles. The lowest BCUT2D eigenvalue weighted by Crippen LogP contribution is -2.42. The Hall–Kier alpha value is -2.82. The molecule has 8 nitrogen and oxygen atoms in total. The van der Waals surface area contributed by atoms with Crippen molar-refractivity contribution in [2.24, 2.45) is 0 Å². The first kappa shape index (κ1) is 19.5. The van der Waals surface area contributed by atoms with Gasteiger partial charge < -0.3 is 10.5 Å². The molecule has 152 valence electrons. The highest BCUT2D eigenvalue weighted by Gasteiger charge is 2.34. The molecule has 0 unspecified atom stereocenters. The predicted molar refractivity (Wildman–Crippen MR) is 105 cm³/mol. The van der Waals surface area contributed by atoms with Crippen molar-refractivity contribution < 1.29 is 17.5 Å². The van der Waals surface area contributed by atoms with Gasteiger partial charge in [0.05, 0.1) is 18.5 Å². The number of hydrogen-bond acceptors (Lipinski definition) is 6. The normalized spacial score (nSPS) is 18.1. The molecule has 1 saturated heterocycles. The van der Waals surface area contributed by atoms with Gasteiger partial charge in [-0.15, -0.1) is 0 Å². The number of aryl methyl sites for hydroxylation is 1. The van der Waals surface area contributed by atoms with Gasteiger partial charge in [-0.3, -0.25) is 5.10 Å². The number of morpholine rings is 1. The van der Waals surface area contributed by atoms with Gasteiger partial charge in [0, 0.05) is 24.8 Å². The third-order valence-electron chi connectivity index (χ3n) is 4.82. The van der Waals surface area contributed by atoms with Crippen molar-refractivity contribution >= 4 is 15.8 Å². The summed E-state index contributed by atoms with van der Waals surface area (Å²) in [5, 5.41) is 6.97. The van der Waals surface area contributed by atoms with E-state index < -0.39 is 21.9 Å². The minimum absolute atomic E-state index is 0.0332. The second-order valence-electron chi connectivity index (χ2n) is 6.82. The first-order valence-electron chi connectivity index (χ1n) is 8.99. The summed E-state index contributed by atoms with van der Waals surface area (Å²) in [6, 6.07) is 7.53. The lowest BCUT2D eigenvalue weighted by atomic mass is 10.0. The second kappa shape index (κ2) is 7.54. The van der Waals surface area contributed by atoms with E-state index in [2.05, 4.69) is 15.2 Å². The largest absolute Gasteiger partial charge is 0.384 e. The topological polar surface area (TPSA) is 114 Å². The molecule has 0 bridgehead atoms. The Bertz CT molecular complexity index is 1150. The molecule has 10 heteroatoms. The number of nitrogens with zero attached hydrogens (tertiary/aromatic N) is 3. The summed E-state index contributed by atoms with van der Waals surface area (Å²) in [7, 11) is -4.01. The minimum Gasteiger partial charge on any atom is -0.384 e. The van der Waals surface area contributed by atoms with Crippen molar-refractivity contribution in [2.45, 2.75) is 17.9 Å². The number of pyridine rings is 1. The molecule has 0 amide bonds. The van der Waals surface area contributed by atoms with Crippen LogP contribution in [0.15, 0.2) is 47.6 Å². The highest BCUT2D eigenvalue weighted by molar-refractivity contribution is 7.89. The van der Waals surface area contributed by atoms with Gasteiger partial charge in [-0.25, -0.2) is 17.8 Å². The van der Waals surface area contributed by atoms with Crippen LogP contribution in [-0.2, 0) is 14.8 Å². The number of halogens is 1. The van der Waals surface area contributed by atoms with Gasteiger partial charge in [-0.05, 0) is 42.3 Å². The average molecular weight is 417 g/mol. The maximum absolute atomic E-state index is 14.2. The van der Waals surface area contributed by atoms with Gasteiger partial charge >= 0.3 is 0 Å². The van der Waals surface area contributed by atoms with Crippen LogP contribution < -0.4 is 5.73 Å². The van der Waals surface area contributed by atoms with Crippen molar-refractivity contribution in [2.75, 3.05) is 25.4 Å². The first-order chi connectivity index (χ1) is 13.9. The second-order valence-corrected chi connectivity index (χ2v) is 8.73. The van der Waals surface area contributed by atoms with Gasteiger partial charge in [0.2, 0.25) is 10.0 Å².